The number of aryl methyl sites for hydroxylation is 1. The predicted molar refractivity (Wildman–Crippen MR) is 62.1 cm³/mol. The Labute approximate surface area is 99.3 Å². The lowest BCUT2D eigenvalue weighted by molar-refractivity contribution is 0.137. The maximum Gasteiger partial charge on any atom is 0.134 e. The molecular formula is C12H15N3O2. The topological polar surface area (TPSA) is 85.2 Å². The molecule has 5 nitrogen and oxygen atoms in total. The summed E-state index contributed by atoms with van der Waals surface area (Å²) >= 11 is 0. The largest absolute Gasteiger partial charge is 0.385 e. The first kappa shape index (κ1) is 11.8. The van der Waals surface area contributed by atoms with E-state index in [1.165, 1.54) is 0 Å². The quantitative estimate of drug-likeness (QED) is 0.822. The molecule has 2 heterocycles. The molecule has 90 valence electrons. The maximum absolute atomic E-state index is 10.0. The van der Waals surface area contributed by atoms with Crippen molar-refractivity contribution in [2.45, 2.75) is 25.5 Å². The van der Waals surface area contributed by atoms with Crippen molar-refractivity contribution in [3.63, 3.8) is 0 Å². The van der Waals surface area contributed by atoms with Gasteiger partial charge in [0.15, 0.2) is 0 Å². The zero-order valence-electron chi connectivity index (χ0n) is 9.58. The number of aliphatic hydroxyl groups is 1. The number of aromatic nitrogens is 2. The van der Waals surface area contributed by atoms with E-state index in [1.807, 2.05) is 12.1 Å². The fourth-order valence-corrected chi connectivity index (χ4v) is 1.65. The molecule has 0 radical (unpaired) electrons. The van der Waals surface area contributed by atoms with Crippen molar-refractivity contribution < 1.29 is 9.63 Å². The lowest BCUT2D eigenvalue weighted by Crippen LogP contribution is -2.30. The molecule has 0 bridgehead atoms. The molecule has 2 atom stereocenters. The van der Waals surface area contributed by atoms with Gasteiger partial charge in [-0.15, -0.1) is 0 Å². The highest BCUT2D eigenvalue weighted by Gasteiger charge is 2.20. The van der Waals surface area contributed by atoms with Crippen molar-refractivity contribution in [1.29, 1.82) is 0 Å². The van der Waals surface area contributed by atoms with Crippen molar-refractivity contribution in [2.24, 2.45) is 5.73 Å². The molecular weight excluding hydrogens is 218 g/mol. The predicted octanol–water partition coefficient (Wildman–Crippen LogP) is 0.981. The second kappa shape index (κ2) is 5.07. The van der Waals surface area contributed by atoms with Gasteiger partial charge in [0, 0.05) is 24.5 Å². The first-order chi connectivity index (χ1) is 8.16. The Morgan fingerprint density at radius 2 is 2.12 bits per heavy atom. The molecule has 2 unspecified atom stereocenters. The van der Waals surface area contributed by atoms with Crippen LogP contribution in [0.25, 0.3) is 0 Å². The minimum Gasteiger partial charge on any atom is -0.385 e. The van der Waals surface area contributed by atoms with Gasteiger partial charge in [-0.1, -0.05) is 5.16 Å². The van der Waals surface area contributed by atoms with Crippen molar-refractivity contribution in [2.75, 3.05) is 0 Å². The molecule has 0 aliphatic rings. The van der Waals surface area contributed by atoms with E-state index >= 15 is 0 Å². The average Bonchev–Trinajstić information content (AvgIpc) is 2.76. The molecule has 2 aromatic rings. The smallest absolute Gasteiger partial charge is 0.134 e. The number of nitrogens with zero attached hydrogens (tertiary/aromatic N) is 2. The summed E-state index contributed by atoms with van der Waals surface area (Å²) < 4.78 is 4.91. The summed E-state index contributed by atoms with van der Waals surface area (Å²) in [4.78, 5) is 3.93. The SMILES string of the molecule is Cc1cc(C(O)C(N)Cc2ccncc2)no1. The van der Waals surface area contributed by atoms with Crippen LogP contribution < -0.4 is 5.73 Å². The van der Waals surface area contributed by atoms with Gasteiger partial charge in [-0.3, -0.25) is 4.98 Å². The Kier molecular flexibility index (Phi) is 3.51. The number of nitrogens with two attached hydrogens (primary N) is 1. The third kappa shape index (κ3) is 2.89. The van der Waals surface area contributed by atoms with Crippen LogP contribution in [-0.4, -0.2) is 21.3 Å². The van der Waals surface area contributed by atoms with Gasteiger partial charge in [-0.25, -0.2) is 0 Å². The Hall–Kier alpha value is -1.72. The van der Waals surface area contributed by atoms with Crippen molar-refractivity contribution in [3.05, 3.63) is 47.6 Å². The highest BCUT2D eigenvalue weighted by atomic mass is 16.5. The normalized spacial score (nSPS) is 14.5. The molecule has 2 aromatic heterocycles. The fourth-order valence-electron chi connectivity index (χ4n) is 1.65. The van der Waals surface area contributed by atoms with E-state index in [0.717, 1.165) is 5.56 Å². The van der Waals surface area contributed by atoms with E-state index in [1.54, 1.807) is 25.4 Å². The molecule has 0 spiro atoms. The first-order valence-electron chi connectivity index (χ1n) is 5.42. The monoisotopic (exact) mass is 233 g/mol. The highest BCUT2D eigenvalue weighted by Crippen LogP contribution is 2.17. The summed E-state index contributed by atoms with van der Waals surface area (Å²) in [5.41, 5.74) is 7.45. The molecule has 2 rings (SSSR count). The lowest BCUT2D eigenvalue weighted by Gasteiger charge is -2.16. The van der Waals surface area contributed by atoms with Crippen LogP contribution in [0.5, 0.6) is 0 Å². The Morgan fingerprint density at radius 1 is 1.41 bits per heavy atom. The van der Waals surface area contributed by atoms with Crippen molar-refractivity contribution in [3.8, 4) is 0 Å². The minimum atomic E-state index is -0.819. The van der Waals surface area contributed by atoms with Gasteiger partial charge in [0.05, 0.1) is 0 Å². The molecule has 0 saturated carbocycles. The van der Waals surface area contributed by atoms with Crippen molar-refractivity contribution in [1.82, 2.24) is 10.1 Å². The van der Waals surface area contributed by atoms with Crippen LogP contribution in [0, 0.1) is 6.92 Å². The van der Waals surface area contributed by atoms with Gasteiger partial charge < -0.3 is 15.4 Å². The van der Waals surface area contributed by atoms with E-state index in [0.29, 0.717) is 17.9 Å². The fraction of sp³-hybridized carbons (Fsp3) is 0.333. The van der Waals surface area contributed by atoms with Crippen LogP contribution >= 0.6 is 0 Å². The summed E-state index contributed by atoms with van der Waals surface area (Å²) in [6.07, 6.45) is 3.15. The summed E-state index contributed by atoms with van der Waals surface area (Å²) in [6, 6.07) is 5.03. The maximum atomic E-state index is 10.0. The summed E-state index contributed by atoms with van der Waals surface area (Å²) in [5.74, 6) is 0.662. The van der Waals surface area contributed by atoms with Gasteiger partial charge in [-0.2, -0.15) is 0 Å². The van der Waals surface area contributed by atoms with Crippen LogP contribution in [0.1, 0.15) is 23.1 Å². The summed E-state index contributed by atoms with van der Waals surface area (Å²) in [6.45, 7) is 1.78. The van der Waals surface area contributed by atoms with Gasteiger partial charge in [0.2, 0.25) is 0 Å². The number of hydrogen-bond acceptors (Lipinski definition) is 5. The van der Waals surface area contributed by atoms with Crippen LogP contribution in [0.4, 0.5) is 0 Å². The van der Waals surface area contributed by atoms with Crippen LogP contribution in [0.3, 0.4) is 0 Å². The number of hydrogen-bond donors (Lipinski definition) is 2. The van der Waals surface area contributed by atoms with E-state index in [4.69, 9.17) is 10.3 Å². The number of pyridine rings is 1. The molecule has 0 aliphatic heterocycles. The second-order valence-electron chi connectivity index (χ2n) is 4.03. The molecule has 0 saturated heterocycles. The molecule has 3 N–H and O–H groups in total. The van der Waals surface area contributed by atoms with Crippen LogP contribution in [-0.2, 0) is 6.42 Å². The van der Waals surface area contributed by atoms with Crippen LogP contribution in [0.15, 0.2) is 35.1 Å². The van der Waals surface area contributed by atoms with E-state index in [2.05, 4.69) is 10.1 Å². The van der Waals surface area contributed by atoms with Crippen LogP contribution in [0.2, 0.25) is 0 Å². The third-order valence-corrected chi connectivity index (χ3v) is 2.58. The Bertz CT molecular complexity index is 470. The van der Waals surface area contributed by atoms with Gasteiger partial charge >= 0.3 is 0 Å². The lowest BCUT2D eigenvalue weighted by atomic mass is 10.0. The molecule has 0 fully saturated rings. The standard InChI is InChI=1S/C12H15N3O2/c1-8-6-11(15-17-8)12(16)10(13)7-9-2-4-14-5-3-9/h2-6,10,12,16H,7,13H2,1H3. The molecule has 0 aliphatic carbocycles. The zero-order valence-corrected chi connectivity index (χ0v) is 9.58. The first-order valence-corrected chi connectivity index (χ1v) is 5.42. The average molecular weight is 233 g/mol. The molecule has 5 heteroatoms. The van der Waals surface area contributed by atoms with Gasteiger partial charge in [-0.05, 0) is 31.0 Å². The van der Waals surface area contributed by atoms with E-state index < -0.39 is 12.1 Å². The zero-order chi connectivity index (χ0) is 12.3. The number of rotatable bonds is 4. The summed E-state index contributed by atoms with van der Waals surface area (Å²) in [5, 5.41) is 13.8. The van der Waals surface area contributed by atoms with Gasteiger partial charge in [0.25, 0.3) is 0 Å². The van der Waals surface area contributed by atoms with Gasteiger partial charge in [0.1, 0.15) is 17.6 Å². The van der Waals surface area contributed by atoms with E-state index in [9.17, 15) is 5.11 Å². The minimum absolute atomic E-state index is 0.415. The Morgan fingerprint density at radius 3 is 2.71 bits per heavy atom. The number of aliphatic hydroxyl groups excluding tert-OH is 1. The molecule has 17 heavy (non-hydrogen) atoms. The van der Waals surface area contributed by atoms with E-state index in [-0.39, 0.29) is 0 Å². The second-order valence-corrected chi connectivity index (χ2v) is 4.03. The Balaban J connectivity index is 2.03. The molecule has 0 amide bonds. The molecule has 0 aromatic carbocycles. The third-order valence-electron chi connectivity index (χ3n) is 2.58. The van der Waals surface area contributed by atoms with Crippen molar-refractivity contribution >= 4 is 0 Å². The highest BCUT2D eigenvalue weighted by molar-refractivity contribution is 5.15. The summed E-state index contributed by atoms with van der Waals surface area (Å²) in [7, 11) is 0.